The molecule has 2 heterocycles. The molecule has 0 radical (unpaired) electrons. The summed E-state index contributed by atoms with van der Waals surface area (Å²) in [5.41, 5.74) is 1.56. The number of ether oxygens (including phenoxy) is 2. The maximum atomic E-state index is 13.2. The highest BCUT2D eigenvalue weighted by molar-refractivity contribution is 8.18. The van der Waals surface area contributed by atoms with Gasteiger partial charge in [0.2, 0.25) is 0 Å². The number of carbonyl (C=O) groups is 1. The summed E-state index contributed by atoms with van der Waals surface area (Å²) >= 11 is 1.33. The van der Waals surface area contributed by atoms with Crippen molar-refractivity contribution in [2.24, 2.45) is 4.99 Å². The molecule has 0 saturated carbocycles. The van der Waals surface area contributed by atoms with Crippen LogP contribution in [0.4, 0.5) is 5.69 Å². The maximum Gasteiger partial charge on any atom is 0.267 e. The van der Waals surface area contributed by atoms with Gasteiger partial charge in [0, 0.05) is 11.6 Å². The molecule has 1 aliphatic rings. The smallest absolute Gasteiger partial charge is 0.267 e. The van der Waals surface area contributed by atoms with Gasteiger partial charge in [-0.2, -0.15) is 0 Å². The van der Waals surface area contributed by atoms with E-state index < -0.39 is 0 Å². The Bertz CT molecular complexity index is 1090. The Kier molecular flexibility index (Phi) is 5.90. The second-order valence-corrected chi connectivity index (χ2v) is 7.43. The first-order chi connectivity index (χ1) is 14.7. The first-order valence-corrected chi connectivity index (χ1v) is 10.1. The van der Waals surface area contributed by atoms with Crippen molar-refractivity contribution >= 4 is 34.6 Å². The van der Waals surface area contributed by atoms with E-state index in [1.807, 2.05) is 54.6 Å². The summed E-state index contributed by atoms with van der Waals surface area (Å²) in [6.07, 6.45) is 3.41. The Morgan fingerprint density at radius 1 is 1.07 bits per heavy atom. The van der Waals surface area contributed by atoms with E-state index in [2.05, 4.69) is 4.99 Å². The van der Waals surface area contributed by atoms with Crippen LogP contribution in [-0.4, -0.2) is 30.2 Å². The molecule has 4 rings (SSSR count). The predicted molar refractivity (Wildman–Crippen MR) is 118 cm³/mol. The van der Waals surface area contributed by atoms with Gasteiger partial charge in [-0.3, -0.25) is 9.69 Å². The van der Waals surface area contributed by atoms with Crippen LogP contribution in [0.3, 0.4) is 0 Å². The van der Waals surface area contributed by atoms with E-state index >= 15 is 0 Å². The standard InChI is InChI=1S/C23H20N2O4S/c1-27-18-11-10-16(20(14-18)28-2)13-21-22(26)25(15-19-9-6-12-29-19)23(30-21)24-17-7-4-3-5-8-17/h3-14H,15H2,1-2H3/b21-13-,24-23?. The third-order valence-electron chi connectivity index (χ3n) is 4.49. The molecule has 1 aromatic heterocycles. The molecule has 2 aromatic carbocycles. The number of aliphatic imine (C=N–C) groups is 1. The molecule has 0 unspecified atom stereocenters. The summed E-state index contributed by atoms with van der Waals surface area (Å²) in [5.74, 6) is 1.86. The first kappa shape index (κ1) is 19.8. The fraction of sp³-hybridized carbons (Fsp3) is 0.130. The summed E-state index contributed by atoms with van der Waals surface area (Å²) in [7, 11) is 3.19. The molecule has 0 bridgehead atoms. The van der Waals surface area contributed by atoms with Gasteiger partial charge in [0.05, 0.1) is 37.6 Å². The number of benzene rings is 2. The number of methoxy groups -OCH3 is 2. The summed E-state index contributed by atoms with van der Waals surface area (Å²) in [4.78, 5) is 20.1. The van der Waals surface area contributed by atoms with Crippen LogP contribution >= 0.6 is 11.8 Å². The molecule has 1 saturated heterocycles. The minimum Gasteiger partial charge on any atom is -0.497 e. The fourth-order valence-corrected chi connectivity index (χ4v) is 3.97. The lowest BCUT2D eigenvalue weighted by Gasteiger charge is -2.13. The Balaban J connectivity index is 1.71. The number of thioether (sulfide) groups is 1. The Hall–Kier alpha value is -3.45. The largest absolute Gasteiger partial charge is 0.497 e. The van der Waals surface area contributed by atoms with E-state index in [9.17, 15) is 4.79 Å². The lowest BCUT2D eigenvalue weighted by molar-refractivity contribution is -0.122. The Labute approximate surface area is 178 Å². The molecule has 3 aromatic rings. The number of carbonyl (C=O) groups excluding carboxylic acids is 1. The first-order valence-electron chi connectivity index (χ1n) is 9.27. The molecule has 1 aliphatic heterocycles. The van der Waals surface area contributed by atoms with Crippen molar-refractivity contribution in [3.8, 4) is 11.5 Å². The van der Waals surface area contributed by atoms with E-state index in [-0.39, 0.29) is 5.91 Å². The number of amides is 1. The summed E-state index contributed by atoms with van der Waals surface area (Å²) in [5, 5.41) is 0.598. The molecule has 152 valence electrons. The molecule has 7 heteroatoms. The zero-order chi connectivity index (χ0) is 20.9. The third-order valence-corrected chi connectivity index (χ3v) is 5.50. The van der Waals surface area contributed by atoms with E-state index in [0.717, 1.165) is 11.3 Å². The van der Waals surface area contributed by atoms with Crippen LogP contribution in [0.25, 0.3) is 6.08 Å². The molecular formula is C23H20N2O4S. The number of furan rings is 1. The number of hydrogen-bond donors (Lipinski definition) is 0. The molecule has 1 amide bonds. The van der Waals surface area contributed by atoms with Crippen LogP contribution in [0.1, 0.15) is 11.3 Å². The molecule has 0 N–H and O–H groups in total. The zero-order valence-electron chi connectivity index (χ0n) is 16.6. The molecule has 0 aliphatic carbocycles. The monoisotopic (exact) mass is 420 g/mol. The topological polar surface area (TPSA) is 64.3 Å². The number of hydrogen-bond acceptors (Lipinski definition) is 6. The van der Waals surface area contributed by atoms with Crippen molar-refractivity contribution in [2.45, 2.75) is 6.54 Å². The van der Waals surface area contributed by atoms with Crippen molar-refractivity contribution in [3.05, 3.63) is 83.2 Å². The average molecular weight is 420 g/mol. The van der Waals surface area contributed by atoms with Crippen molar-refractivity contribution in [2.75, 3.05) is 14.2 Å². The van der Waals surface area contributed by atoms with Crippen LogP contribution in [0.5, 0.6) is 11.5 Å². The van der Waals surface area contributed by atoms with Gasteiger partial charge in [0.15, 0.2) is 5.17 Å². The van der Waals surface area contributed by atoms with Crippen LogP contribution < -0.4 is 9.47 Å². The van der Waals surface area contributed by atoms with Crippen LogP contribution in [-0.2, 0) is 11.3 Å². The molecule has 0 spiro atoms. The number of amidine groups is 1. The van der Waals surface area contributed by atoms with Gasteiger partial charge in [0.25, 0.3) is 5.91 Å². The van der Waals surface area contributed by atoms with Crippen molar-refractivity contribution in [1.82, 2.24) is 4.90 Å². The summed E-state index contributed by atoms with van der Waals surface area (Å²) < 4.78 is 16.2. The quantitative estimate of drug-likeness (QED) is 0.519. The lowest BCUT2D eigenvalue weighted by Crippen LogP contribution is -2.28. The van der Waals surface area contributed by atoms with Crippen molar-refractivity contribution in [1.29, 1.82) is 0 Å². The van der Waals surface area contributed by atoms with Gasteiger partial charge in [-0.1, -0.05) is 18.2 Å². The van der Waals surface area contributed by atoms with E-state index in [1.165, 1.54) is 11.8 Å². The summed E-state index contributed by atoms with van der Waals surface area (Å²) in [6.45, 7) is 0.307. The number of rotatable bonds is 6. The van der Waals surface area contributed by atoms with Gasteiger partial charge < -0.3 is 13.9 Å². The lowest BCUT2D eigenvalue weighted by atomic mass is 10.1. The summed E-state index contributed by atoms with van der Waals surface area (Å²) in [6, 6.07) is 18.7. The van der Waals surface area contributed by atoms with E-state index in [0.29, 0.717) is 33.9 Å². The highest BCUT2D eigenvalue weighted by atomic mass is 32.2. The van der Waals surface area contributed by atoms with Crippen LogP contribution in [0.2, 0.25) is 0 Å². The van der Waals surface area contributed by atoms with Crippen LogP contribution in [0.15, 0.2) is 81.2 Å². The van der Waals surface area contributed by atoms with E-state index in [1.54, 1.807) is 37.5 Å². The van der Waals surface area contributed by atoms with Gasteiger partial charge in [-0.05, 0) is 54.2 Å². The van der Waals surface area contributed by atoms with Gasteiger partial charge in [-0.25, -0.2) is 4.99 Å². The third kappa shape index (κ3) is 4.26. The maximum absolute atomic E-state index is 13.2. The van der Waals surface area contributed by atoms with Crippen molar-refractivity contribution in [3.63, 3.8) is 0 Å². The van der Waals surface area contributed by atoms with Gasteiger partial charge in [0.1, 0.15) is 17.3 Å². The second-order valence-electron chi connectivity index (χ2n) is 6.42. The minimum atomic E-state index is -0.135. The van der Waals surface area contributed by atoms with Crippen molar-refractivity contribution < 1.29 is 18.7 Å². The van der Waals surface area contributed by atoms with Gasteiger partial charge >= 0.3 is 0 Å². The molecule has 0 atom stereocenters. The Morgan fingerprint density at radius 2 is 1.90 bits per heavy atom. The molecule has 30 heavy (non-hydrogen) atoms. The number of para-hydroxylation sites is 1. The fourth-order valence-electron chi connectivity index (χ4n) is 2.98. The zero-order valence-corrected chi connectivity index (χ0v) is 17.4. The molecule has 1 fully saturated rings. The highest BCUT2D eigenvalue weighted by Crippen LogP contribution is 2.37. The van der Waals surface area contributed by atoms with Gasteiger partial charge in [-0.15, -0.1) is 0 Å². The minimum absolute atomic E-state index is 0.135. The average Bonchev–Trinajstić information content (AvgIpc) is 3.39. The SMILES string of the molecule is COc1ccc(/C=C2\SC(=Nc3ccccc3)N(Cc3ccco3)C2=O)c(OC)c1. The second kappa shape index (κ2) is 8.92. The highest BCUT2D eigenvalue weighted by Gasteiger charge is 2.34. The predicted octanol–water partition coefficient (Wildman–Crippen LogP) is 5.10. The van der Waals surface area contributed by atoms with E-state index in [4.69, 9.17) is 13.9 Å². The Morgan fingerprint density at radius 3 is 2.60 bits per heavy atom. The normalized spacial score (nSPS) is 16.5. The molecule has 6 nitrogen and oxygen atoms in total. The molecular weight excluding hydrogens is 400 g/mol. The number of nitrogens with zero attached hydrogens (tertiary/aromatic N) is 2. The van der Waals surface area contributed by atoms with Crippen LogP contribution in [0, 0.1) is 0 Å².